The summed E-state index contributed by atoms with van der Waals surface area (Å²) in [4.78, 5) is 8.46. The van der Waals surface area contributed by atoms with E-state index >= 15 is 0 Å². The van der Waals surface area contributed by atoms with E-state index in [0.29, 0.717) is 0 Å². The molecule has 0 fully saturated rings. The molecule has 1 N–H and O–H groups in total. The van der Waals surface area contributed by atoms with E-state index in [1.54, 1.807) is 13.2 Å². The van der Waals surface area contributed by atoms with E-state index < -0.39 is 0 Å². The van der Waals surface area contributed by atoms with Gasteiger partial charge in [0.1, 0.15) is 5.82 Å². The minimum absolute atomic E-state index is 0.850. The highest BCUT2D eigenvalue weighted by molar-refractivity contribution is 6.08. The lowest BCUT2D eigenvalue weighted by Crippen LogP contribution is -1.99. The lowest BCUT2D eigenvalue weighted by atomic mass is 10.1. The summed E-state index contributed by atoms with van der Waals surface area (Å²) in [6.45, 7) is 5.77. The highest BCUT2D eigenvalue weighted by Gasteiger charge is 1.99. The van der Waals surface area contributed by atoms with Gasteiger partial charge in [-0.3, -0.25) is 4.99 Å². The molecule has 1 aromatic heterocycles. The largest absolute Gasteiger partial charge is 0.373 e. The molecule has 0 spiro atoms. The Kier molecular flexibility index (Phi) is 4.45. The highest BCUT2D eigenvalue weighted by atomic mass is 14.9. The van der Waals surface area contributed by atoms with Gasteiger partial charge < -0.3 is 5.32 Å². The van der Waals surface area contributed by atoms with Crippen molar-refractivity contribution < 1.29 is 0 Å². The average molecular weight is 215 g/mol. The normalized spacial score (nSPS) is 11.8. The molecule has 0 aliphatic heterocycles. The molecule has 1 rings (SSSR count). The molecule has 0 aromatic carbocycles. The molecule has 84 valence electrons. The van der Waals surface area contributed by atoms with Gasteiger partial charge in [0.15, 0.2) is 0 Å². The average Bonchev–Trinajstić information content (AvgIpc) is 2.30. The van der Waals surface area contributed by atoms with Crippen molar-refractivity contribution in [1.29, 1.82) is 0 Å². The molecule has 3 heteroatoms. The number of aromatic nitrogens is 1. The SMILES string of the molecule is C=C(C)/C=C\C(=N/C)c1ccc(NC)nc1. The Bertz CT molecular complexity index is 413. The van der Waals surface area contributed by atoms with Gasteiger partial charge in [0.05, 0.1) is 5.71 Å². The van der Waals surface area contributed by atoms with Crippen LogP contribution in [0.5, 0.6) is 0 Å². The Morgan fingerprint density at radius 2 is 2.19 bits per heavy atom. The van der Waals surface area contributed by atoms with Crippen LogP contribution in [0.4, 0.5) is 5.82 Å². The number of anilines is 1. The van der Waals surface area contributed by atoms with Gasteiger partial charge in [-0.05, 0) is 25.1 Å². The summed E-state index contributed by atoms with van der Waals surface area (Å²) in [7, 11) is 3.61. The summed E-state index contributed by atoms with van der Waals surface area (Å²) in [5, 5.41) is 2.98. The maximum Gasteiger partial charge on any atom is 0.125 e. The summed E-state index contributed by atoms with van der Waals surface area (Å²) < 4.78 is 0. The van der Waals surface area contributed by atoms with Crippen molar-refractivity contribution in [1.82, 2.24) is 4.98 Å². The van der Waals surface area contributed by atoms with Gasteiger partial charge in [0.25, 0.3) is 0 Å². The van der Waals surface area contributed by atoms with Crippen molar-refractivity contribution in [3.8, 4) is 0 Å². The van der Waals surface area contributed by atoms with Crippen molar-refractivity contribution in [2.45, 2.75) is 6.92 Å². The lowest BCUT2D eigenvalue weighted by Gasteiger charge is -2.02. The van der Waals surface area contributed by atoms with E-state index in [2.05, 4.69) is 21.9 Å². The summed E-state index contributed by atoms with van der Waals surface area (Å²) in [5.41, 5.74) is 2.90. The third-order valence-electron chi connectivity index (χ3n) is 2.08. The van der Waals surface area contributed by atoms with Crippen molar-refractivity contribution in [2.24, 2.45) is 4.99 Å². The molecule has 3 nitrogen and oxygen atoms in total. The first-order valence-electron chi connectivity index (χ1n) is 5.12. The van der Waals surface area contributed by atoms with Gasteiger partial charge in [-0.15, -0.1) is 0 Å². The summed E-state index contributed by atoms with van der Waals surface area (Å²) in [6, 6.07) is 3.92. The standard InChI is InChI=1S/C13H17N3/c1-10(2)5-7-12(14-3)11-6-8-13(15-4)16-9-11/h5-9H,1H2,2-4H3,(H,15,16)/b7-5-,14-12+. The summed E-state index contributed by atoms with van der Waals surface area (Å²) in [6.07, 6.45) is 5.68. The number of hydrogen-bond acceptors (Lipinski definition) is 3. The van der Waals surface area contributed by atoms with Gasteiger partial charge in [0.2, 0.25) is 0 Å². The van der Waals surface area contributed by atoms with E-state index in [9.17, 15) is 0 Å². The Hall–Kier alpha value is -1.90. The Balaban J connectivity index is 2.92. The van der Waals surface area contributed by atoms with Crippen LogP contribution in [-0.4, -0.2) is 24.8 Å². The van der Waals surface area contributed by atoms with Gasteiger partial charge in [0, 0.05) is 25.9 Å². The van der Waals surface area contributed by atoms with Crippen LogP contribution >= 0.6 is 0 Å². The molecule has 1 aromatic rings. The van der Waals surface area contributed by atoms with Gasteiger partial charge >= 0.3 is 0 Å². The van der Waals surface area contributed by atoms with Crippen LogP contribution < -0.4 is 5.32 Å². The number of rotatable bonds is 4. The quantitative estimate of drug-likeness (QED) is 0.619. The number of nitrogens with one attached hydrogen (secondary N) is 1. The Labute approximate surface area is 96.6 Å². The zero-order valence-corrected chi connectivity index (χ0v) is 9.99. The zero-order valence-electron chi connectivity index (χ0n) is 9.99. The van der Waals surface area contributed by atoms with Gasteiger partial charge in [-0.1, -0.05) is 18.2 Å². The summed E-state index contributed by atoms with van der Waals surface area (Å²) in [5.74, 6) is 0.850. The summed E-state index contributed by atoms with van der Waals surface area (Å²) >= 11 is 0. The maximum absolute atomic E-state index is 4.24. The predicted molar refractivity (Wildman–Crippen MR) is 70.2 cm³/mol. The van der Waals surface area contributed by atoms with Crippen LogP contribution in [0.1, 0.15) is 12.5 Å². The number of pyridine rings is 1. The topological polar surface area (TPSA) is 37.3 Å². The zero-order chi connectivity index (χ0) is 12.0. The second-order valence-electron chi connectivity index (χ2n) is 3.47. The molecule has 0 aliphatic rings. The van der Waals surface area contributed by atoms with E-state index in [1.165, 1.54) is 0 Å². The maximum atomic E-state index is 4.24. The molecule has 1 heterocycles. The van der Waals surface area contributed by atoms with Crippen molar-refractivity contribution in [2.75, 3.05) is 19.4 Å². The van der Waals surface area contributed by atoms with Crippen molar-refractivity contribution in [3.63, 3.8) is 0 Å². The molecule has 16 heavy (non-hydrogen) atoms. The molecule has 0 saturated carbocycles. The van der Waals surface area contributed by atoms with Crippen LogP contribution in [0.2, 0.25) is 0 Å². The van der Waals surface area contributed by atoms with E-state index in [4.69, 9.17) is 0 Å². The Morgan fingerprint density at radius 3 is 2.62 bits per heavy atom. The third kappa shape index (κ3) is 3.35. The van der Waals surface area contributed by atoms with Gasteiger partial charge in [-0.25, -0.2) is 4.98 Å². The molecular formula is C13H17N3. The Morgan fingerprint density at radius 1 is 1.44 bits per heavy atom. The molecule has 0 bridgehead atoms. The number of hydrogen-bond donors (Lipinski definition) is 1. The first-order valence-corrected chi connectivity index (χ1v) is 5.12. The molecule has 0 amide bonds. The fraction of sp³-hybridized carbons (Fsp3) is 0.231. The van der Waals surface area contributed by atoms with E-state index in [0.717, 1.165) is 22.7 Å². The second kappa shape index (κ2) is 5.85. The predicted octanol–water partition coefficient (Wildman–Crippen LogP) is 2.67. The third-order valence-corrected chi connectivity index (χ3v) is 2.08. The smallest absolute Gasteiger partial charge is 0.125 e. The van der Waals surface area contributed by atoms with Gasteiger partial charge in [-0.2, -0.15) is 0 Å². The van der Waals surface area contributed by atoms with Crippen LogP contribution in [0.15, 0.2) is 47.6 Å². The molecule has 0 aliphatic carbocycles. The van der Waals surface area contributed by atoms with Crippen LogP contribution in [0, 0.1) is 0 Å². The first kappa shape index (κ1) is 12.2. The lowest BCUT2D eigenvalue weighted by molar-refractivity contribution is 1.27. The van der Waals surface area contributed by atoms with Crippen LogP contribution in [0.3, 0.4) is 0 Å². The minimum Gasteiger partial charge on any atom is -0.373 e. The number of allylic oxidation sites excluding steroid dienone is 3. The number of nitrogens with zero attached hydrogens (tertiary/aromatic N) is 2. The molecular weight excluding hydrogens is 198 g/mol. The van der Waals surface area contributed by atoms with Crippen LogP contribution in [-0.2, 0) is 0 Å². The van der Waals surface area contributed by atoms with E-state index in [1.807, 2.05) is 38.3 Å². The number of aliphatic imine (C=N–C) groups is 1. The first-order chi connectivity index (χ1) is 7.67. The second-order valence-corrected chi connectivity index (χ2v) is 3.47. The minimum atomic E-state index is 0.850. The van der Waals surface area contributed by atoms with E-state index in [-0.39, 0.29) is 0 Å². The molecule has 0 atom stereocenters. The highest BCUT2D eigenvalue weighted by Crippen LogP contribution is 2.07. The van der Waals surface area contributed by atoms with Crippen molar-refractivity contribution in [3.05, 3.63) is 48.2 Å². The molecule has 0 unspecified atom stereocenters. The van der Waals surface area contributed by atoms with Crippen LogP contribution in [0.25, 0.3) is 0 Å². The molecule has 0 saturated heterocycles. The monoisotopic (exact) mass is 215 g/mol. The fourth-order valence-corrected chi connectivity index (χ4v) is 1.21. The van der Waals surface area contributed by atoms with Crippen molar-refractivity contribution >= 4 is 11.5 Å². The fourth-order valence-electron chi connectivity index (χ4n) is 1.21. The molecule has 0 radical (unpaired) electrons.